The molecule has 0 aliphatic carbocycles. The highest BCUT2D eigenvalue weighted by Gasteiger charge is 2.32. The van der Waals surface area contributed by atoms with Gasteiger partial charge in [0, 0.05) is 42.3 Å². The Labute approximate surface area is 196 Å². The largest absolute Gasteiger partial charge is 0.483 e. The first-order valence-electron chi connectivity index (χ1n) is 10.8. The fraction of sp³-hybridized carbons (Fsp3) is 0.391. The van der Waals surface area contributed by atoms with Gasteiger partial charge >= 0.3 is 0 Å². The molecule has 1 fully saturated rings. The minimum atomic E-state index is -0.239. The second kappa shape index (κ2) is 10.3. The van der Waals surface area contributed by atoms with Crippen molar-refractivity contribution in [2.75, 3.05) is 19.7 Å². The van der Waals surface area contributed by atoms with Gasteiger partial charge in [0.05, 0.1) is 6.54 Å². The lowest BCUT2D eigenvalue weighted by atomic mass is 10.1. The van der Waals surface area contributed by atoms with E-state index in [-0.39, 0.29) is 30.4 Å². The first-order chi connectivity index (χ1) is 15.9. The number of tetrazole rings is 1. The van der Waals surface area contributed by atoms with Crippen LogP contribution in [-0.4, -0.2) is 67.7 Å². The van der Waals surface area contributed by atoms with Crippen LogP contribution in [0.2, 0.25) is 5.02 Å². The van der Waals surface area contributed by atoms with Crippen molar-refractivity contribution in [1.82, 2.24) is 30.0 Å². The third kappa shape index (κ3) is 5.85. The van der Waals surface area contributed by atoms with Crippen molar-refractivity contribution in [2.45, 2.75) is 39.0 Å². The number of ether oxygens (including phenoxy) is 1. The molecule has 1 aliphatic rings. The number of carbonyl (C=O) groups excluding carboxylic acids is 1. The van der Waals surface area contributed by atoms with E-state index in [1.807, 2.05) is 11.8 Å². The smallest absolute Gasteiger partial charge is 0.260 e. The second-order valence-corrected chi connectivity index (χ2v) is 8.78. The van der Waals surface area contributed by atoms with E-state index in [0.29, 0.717) is 23.9 Å². The number of amides is 1. The summed E-state index contributed by atoms with van der Waals surface area (Å²) in [5.74, 6) is 0.260. The van der Waals surface area contributed by atoms with Crippen LogP contribution in [0.4, 0.5) is 4.39 Å². The summed E-state index contributed by atoms with van der Waals surface area (Å²) in [4.78, 5) is 17.2. The normalized spacial score (nSPS) is 19.0. The number of halogens is 2. The van der Waals surface area contributed by atoms with Gasteiger partial charge in [0.1, 0.15) is 17.9 Å². The van der Waals surface area contributed by atoms with E-state index in [2.05, 4.69) is 27.3 Å². The predicted molar refractivity (Wildman–Crippen MR) is 121 cm³/mol. The Hall–Kier alpha value is -3.04. The summed E-state index contributed by atoms with van der Waals surface area (Å²) >= 11 is 6.14. The molecule has 2 heterocycles. The molecule has 8 nitrogen and oxygen atoms in total. The van der Waals surface area contributed by atoms with E-state index in [0.717, 1.165) is 24.2 Å². The number of benzene rings is 2. The van der Waals surface area contributed by atoms with Crippen molar-refractivity contribution in [3.05, 3.63) is 70.8 Å². The van der Waals surface area contributed by atoms with Crippen molar-refractivity contribution in [1.29, 1.82) is 0 Å². The molecule has 2 atom stereocenters. The van der Waals surface area contributed by atoms with Crippen molar-refractivity contribution < 1.29 is 13.9 Å². The fourth-order valence-corrected chi connectivity index (χ4v) is 4.25. The van der Waals surface area contributed by atoms with Gasteiger partial charge in [0.15, 0.2) is 6.61 Å². The van der Waals surface area contributed by atoms with Gasteiger partial charge in [-0.05, 0) is 60.2 Å². The molecule has 0 radical (unpaired) electrons. The SMILES string of the molecule is C[C@@H]1CN(Cc2ccc(F)cc2)[C@@H](C)CN1C(=O)COc1ccc(Cl)cc1Cn1cnnn1. The average molecular weight is 473 g/mol. The standard InChI is InChI=1S/C23H26ClFN6O2/c1-16-11-31(17(2)10-29(16)12-18-3-6-21(25)7-4-18)23(32)14-33-22-8-5-20(24)9-19(22)13-30-15-26-27-28-30/h3-9,15-17H,10-14H2,1-2H3/t16-,17+/m0/s1. The van der Waals surface area contributed by atoms with Crippen LogP contribution in [0.25, 0.3) is 0 Å². The quantitative estimate of drug-likeness (QED) is 0.526. The van der Waals surface area contributed by atoms with Gasteiger partial charge in [-0.1, -0.05) is 23.7 Å². The molecule has 0 unspecified atom stereocenters. The van der Waals surface area contributed by atoms with E-state index >= 15 is 0 Å². The van der Waals surface area contributed by atoms with Crippen molar-refractivity contribution in [2.24, 2.45) is 0 Å². The highest BCUT2D eigenvalue weighted by atomic mass is 35.5. The number of rotatable bonds is 7. The van der Waals surface area contributed by atoms with E-state index < -0.39 is 0 Å². The molecule has 0 spiro atoms. The highest BCUT2D eigenvalue weighted by Crippen LogP contribution is 2.24. The second-order valence-electron chi connectivity index (χ2n) is 8.35. The summed E-state index contributed by atoms with van der Waals surface area (Å²) in [7, 11) is 0. The Bertz CT molecular complexity index is 1080. The number of aromatic nitrogens is 4. The Morgan fingerprint density at radius 2 is 1.91 bits per heavy atom. The van der Waals surface area contributed by atoms with Gasteiger partial charge in [-0.15, -0.1) is 5.10 Å². The minimum absolute atomic E-state index is 0.0312. The van der Waals surface area contributed by atoms with Gasteiger partial charge in [0.25, 0.3) is 5.91 Å². The first kappa shape index (κ1) is 23.1. The van der Waals surface area contributed by atoms with E-state index in [4.69, 9.17) is 16.3 Å². The Balaban J connectivity index is 1.36. The van der Waals surface area contributed by atoms with Gasteiger partial charge in [-0.2, -0.15) is 0 Å². The Morgan fingerprint density at radius 3 is 2.64 bits per heavy atom. The lowest BCUT2D eigenvalue weighted by molar-refractivity contribution is -0.139. The molecule has 4 rings (SSSR count). The molecule has 1 amide bonds. The van der Waals surface area contributed by atoms with Gasteiger partial charge in [0.2, 0.25) is 0 Å². The maximum Gasteiger partial charge on any atom is 0.260 e. The van der Waals surface area contributed by atoms with Gasteiger partial charge in [-0.3, -0.25) is 9.69 Å². The zero-order chi connectivity index (χ0) is 23.4. The van der Waals surface area contributed by atoms with Crippen LogP contribution < -0.4 is 4.74 Å². The average Bonchev–Trinajstić information content (AvgIpc) is 3.30. The summed E-state index contributed by atoms with van der Waals surface area (Å²) < 4.78 is 20.6. The summed E-state index contributed by atoms with van der Waals surface area (Å²) in [5, 5.41) is 11.7. The molecule has 174 valence electrons. The van der Waals surface area contributed by atoms with E-state index in [1.54, 1.807) is 35.0 Å². The monoisotopic (exact) mass is 472 g/mol. The topological polar surface area (TPSA) is 76.4 Å². The molecule has 3 aromatic rings. The summed E-state index contributed by atoms with van der Waals surface area (Å²) in [5.41, 5.74) is 1.84. The lowest BCUT2D eigenvalue weighted by Crippen LogP contribution is -2.58. The Kier molecular flexibility index (Phi) is 7.20. The molecular formula is C23H26ClFN6O2. The first-order valence-corrected chi connectivity index (χ1v) is 11.2. The fourth-order valence-electron chi connectivity index (χ4n) is 4.05. The molecule has 1 aromatic heterocycles. The predicted octanol–water partition coefficient (Wildman–Crippen LogP) is 3.01. The number of hydrogen-bond donors (Lipinski definition) is 0. The number of carbonyl (C=O) groups is 1. The zero-order valence-electron chi connectivity index (χ0n) is 18.6. The summed E-state index contributed by atoms with van der Waals surface area (Å²) in [6, 6.07) is 12.0. The Morgan fingerprint density at radius 1 is 1.12 bits per heavy atom. The van der Waals surface area contributed by atoms with Crippen molar-refractivity contribution in [3.8, 4) is 5.75 Å². The van der Waals surface area contributed by atoms with Crippen LogP contribution >= 0.6 is 11.6 Å². The van der Waals surface area contributed by atoms with Gasteiger partial charge < -0.3 is 9.64 Å². The van der Waals surface area contributed by atoms with Gasteiger partial charge in [-0.25, -0.2) is 9.07 Å². The summed E-state index contributed by atoms with van der Waals surface area (Å²) in [6.45, 7) is 6.49. The third-order valence-electron chi connectivity index (χ3n) is 5.83. The van der Waals surface area contributed by atoms with Crippen molar-refractivity contribution in [3.63, 3.8) is 0 Å². The molecule has 0 bridgehead atoms. The summed E-state index contributed by atoms with van der Waals surface area (Å²) in [6.07, 6.45) is 1.50. The lowest BCUT2D eigenvalue weighted by Gasteiger charge is -2.44. The number of nitrogens with zero attached hydrogens (tertiary/aromatic N) is 6. The third-order valence-corrected chi connectivity index (χ3v) is 6.07. The van der Waals surface area contributed by atoms with E-state index in [9.17, 15) is 9.18 Å². The maximum absolute atomic E-state index is 13.2. The molecule has 33 heavy (non-hydrogen) atoms. The molecule has 0 N–H and O–H groups in total. The zero-order valence-corrected chi connectivity index (χ0v) is 19.3. The van der Waals surface area contributed by atoms with Crippen LogP contribution in [0, 0.1) is 5.82 Å². The molecule has 2 aromatic carbocycles. The molecule has 0 saturated carbocycles. The molecular weight excluding hydrogens is 447 g/mol. The molecule has 1 aliphatic heterocycles. The minimum Gasteiger partial charge on any atom is -0.483 e. The van der Waals surface area contributed by atoms with Crippen LogP contribution in [0.5, 0.6) is 5.75 Å². The maximum atomic E-state index is 13.2. The van der Waals surface area contributed by atoms with Crippen molar-refractivity contribution >= 4 is 17.5 Å². The van der Waals surface area contributed by atoms with Crippen LogP contribution in [0.3, 0.4) is 0 Å². The van der Waals surface area contributed by atoms with Crippen LogP contribution in [-0.2, 0) is 17.9 Å². The number of hydrogen-bond acceptors (Lipinski definition) is 6. The van der Waals surface area contributed by atoms with Crippen LogP contribution in [0.1, 0.15) is 25.0 Å². The molecule has 10 heteroatoms. The highest BCUT2D eigenvalue weighted by molar-refractivity contribution is 6.30. The van der Waals surface area contributed by atoms with Crippen LogP contribution in [0.15, 0.2) is 48.8 Å². The number of piperazine rings is 1. The van der Waals surface area contributed by atoms with E-state index in [1.165, 1.54) is 18.5 Å². The molecule has 1 saturated heterocycles.